The molecule has 1 aromatic carbocycles. The number of nitrogens with one attached hydrogen (secondary N) is 2. The number of aromatic nitrogens is 2. The molecule has 8 heteroatoms. The van der Waals surface area contributed by atoms with Crippen LogP contribution in [0.4, 0.5) is 5.69 Å². The lowest BCUT2D eigenvalue weighted by molar-refractivity contribution is 0.587. The second-order valence-electron chi connectivity index (χ2n) is 5.51. The van der Waals surface area contributed by atoms with E-state index < -0.39 is 10.0 Å². The van der Waals surface area contributed by atoms with Gasteiger partial charge in [-0.05, 0) is 46.2 Å². The third-order valence-electron chi connectivity index (χ3n) is 3.72. The highest BCUT2D eigenvalue weighted by atomic mass is 79.9. The highest BCUT2D eigenvalue weighted by Gasteiger charge is 2.08. The smallest absolute Gasteiger partial charge is 0.215 e. The first-order valence-electron chi connectivity index (χ1n) is 7.60. The van der Waals surface area contributed by atoms with Crippen molar-refractivity contribution >= 4 is 42.7 Å². The molecule has 2 N–H and O–H groups in total. The average molecular weight is 421 g/mol. The molecule has 6 nitrogen and oxygen atoms in total. The molecule has 0 bridgehead atoms. The van der Waals surface area contributed by atoms with Gasteiger partial charge in [0.05, 0.1) is 17.0 Å². The highest BCUT2D eigenvalue weighted by Crippen LogP contribution is 2.22. The fraction of sp³-hybridized carbons (Fsp3) is 0.176. The molecular formula is C17H17BrN4O2S. The van der Waals surface area contributed by atoms with Gasteiger partial charge in [0.2, 0.25) is 10.0 Å². The Hall–Kier alpha value is -2.03. The lowest BCUT2D eigenvalue weighted by atomic mass is 10.1. The van der Waals surface area contributed by atoms with Gasteiger partial charge < -0.3 is 5.32 Å². The third-order valence-corrected chi connectivity index (χ3v) is 5.49. The Kier molecular flexibility index (Phi) is 5.31. The van der Waals surface area contributed by atoms with Gasteiger partial charge in [-0.1, -0.05) is 24.3 Å². The van der Waals surface area contributed by atoms with Crippen molar-refractivity contribution in [2.24, 2.45) is 0 Å². The van der Waals surface area contributed by atoms with E-state index in [2.05, 4.69) is 35.9 Å². The number of anilines is 1. The van der Waals surface area contributed by atoms with E-state index >= 15 is 0 Å². The molecule has 0 aliphatic rings. The first-order valence-corrected chi connectivity index (χ1v) is 10.0. The first kappa shape index (κ1) is 17.8. The van der Waals surface area contributed by atoms with Crippen molar-refractivity contribution in [3.8, 4) is 0 Å². The Morgan fingerprint density at radius 1 is 1.08 bits per heavy atom. The maximum Gasteiger partial charge on any atom is 0.215 e. The number of halogens is 1. The predicted molar refractivity (Wildman–Crippen MR) is 103 cm³/mol. The number of hydrogen-bond acceptors (Lipinski definition) is 5. The van der Waals surface area contributed by atoms with Crippen LogP contribution in [0.3, 0.4) is 0 Å². The summed E-state index contributed by atoms with van der Waals surface area (Å²) in [5.41, 5.74) is 4.32. The van der Waals surface area contributed by atoms with E-state index in [1.165, 1.54) is 7.05 Å². The zero-order chi connectivity index (χ0) is 17.9. The zero-order valence-corrected chi connectivity index (χ0v) is 15.9. The fourth-order valence-corrected chi connectivity index (χ4v) is 3.49. The van der Waals surface area contributed by atoms with Crippen LogP contribution in [0.25, 0.3) is 11.0 Å². The topological polar surface area (TPSA) is 84.0 Å². The van der Waals surface area contributed by atoms with Crippen LogP contribution in [0.2, 0.25) is 0 Å². The van der Waals surface area contributed by atoms with Crippen LogP contribution >= 0.6 is 15.9 Å². The van der Waals surface area contributed by atoms with Gasteiger partial charge in [-0.25, -0.2) is 13.1 Å². The lowest BCUT2D eigenvalue weighted by Gasteiger charge is -2.10. The Labute approximate surface area is 154 Å². The lowest BCUT2D eigenvalue weighted by Crippen LogP contribution is -2.20. The first-order chi connectivity index (χ1) is 12.0. The Bertz CT molecular complexity index is 991. The number of hydrogen-bond donors (Lipinski definition) is 2. The summed E-state index contributed by atoms with van der Waals surface area (Å²) in [7, 11) is -1.84. The summed E-state index contributed by atoms with van der Waals surface area (Å²) in [5, 5.41) is 3.35. The summed E-state index contributed by atoms with van der Waals surface area (Å²) < 4.78 is 26.3. The summed E-state index contributed by atoms with van der Waals surface area (Å²) >= 11 is 3.40. The molecule has 3 aromatic rings. The Balaban J connectivity index is 1.72. The minimum Gasteiger partial charge on any atom is -0.379 e. The van der Waals surface area contributed by atoms with E-state index in [-0.39, 0.29) is 5.75 Å². The van der Waals surface area contributed by atoms with Crippen LogP contribution in [-0.2, 0) is 22.3 Å². The van der Waals surface area contributed by atoms with Gasteiger partial charge in [0, 0.05) is 23.4 Å². The minimum absolute atomic E-state index is 0.0228. The molecule has 0 saturated heterocycles. The number of pyridine rings is 2. The summed E-state index contributed by atoms with van der Waals surface area (Å²) in [4.78, 5) is 8.73. The maximum absolute atomic E-state index is 11.6. The number of sulfonamides is 1. The number of benzene rings is 1. The Morgan fingerprint density at radius 2 is 1.80 bits per heavy atom. The molecule has 3 rings (SSSR count). The van der Waals surface area contributed by atoms with Crippen LogP contribution in [-0.4, -0.2) is 25.4 Å². The quantitative estimate of drug-likeness (QED) is 0.639. The van der Waals surface area contributed by atoms with Crippen molar-refractivity contribution in [3.05, 3.63) is 64.4 Å². The zero-order valence-electron chi connectivity index (χ0n) is 13.5. The molecule has 0 unspecified atom stereocenters. The number of rotatable bonds is 6. The maximum atomic E-state index is 11.6. The summed E-state index contributed by atoms with van der Waals surface area (Å²) in [5.74, 6) is -0.0228. The fourth-order valence-electron chi connectivity index (χ4n) is 2.39. The van der Waals surface area contributed by atoms with E-state index in [1.807, 2.05) is 36.4 Å². The number of fused-ring (bicyclic) bond motifs is 1. The van der Waals surface area contributed by atoms with Crippen molar-refractivity contribution in [2.45, 2.75) is 12.3 Å². The molecule has 0 aliphatic heterocycles. The minimum atomic E-state index is -3.25. The van der Waals surface area contributed by atoms with E-state index in [0.717, 1.165) is 32.3 Å². The van der Waals surface area contributed by atoms with Crippen molar-refractivity contribution in [2.75, 3.05) is 12.4 Å². The normalized spacial score (nSPS) is 11.6. The SMILES string of the molecule is CNS(=O)(=O)Cc1ccc(CNc2ccnc3cc(Br)cnc23)cc1. The predicted octanol–water partition coefficient (Wildman–Crippen LogP) is 3.05. The van der Waals surface area contributed by atoms with Gasteiger partial charge in [-0.3, -0.25) is 9.97 Å². The Morgan fingerprint density at radius 3 is 2.52 bits per heavy atom. The van der Waals surface area contributed by atoms with Gasteiger partial charge in [0.15, 0.2) is 0 Å². The monoisotopic (exact) mass is 420 g/mol. The van der Waals surface area contributed by atoms with E-state index in [9.17, 15) is 8.42 Å². The molecule has 0 atom stereocenters. The van der Waals surface area contributed by atoms with Crippen molar-refractivity contribution in [1.82, 2.24) is 14.7 Å². The van der Waals surface area contributed by atoms with Gasteiger partial charge in [0.25, 0.3) is 0 Å². The molecule has 25 heavy (non-hydrogen) atoms. The summed E-state index contributed by atoms with van der Waals surface area (Å²) in [6.45, 7) is 0.607. The molecule has 0 spiro atoms. The molecule has 2 heterocycles. The molecule has 130 valence electrons. The summed E-state index contributed by atoms with van der Waals surface area (Å²) in [6, 6.07) is 11.3. The van der Waals surface area contributed by atoms with Crippen molar-refractivity contribution in [3.63, 3.8) is 0 Å². The molecule has 0 radical (unpaired) electrons. The average Bonchev–Trinajstić information content (AvgIpc) is 2.60. The second kappa shape index (κ2) is 7.47. The van der Waals surface area contributed by atoms with Gasteiger partial charge in [0.1, 0.15) is 5.52 Å². The van der Waals surface area contributed by atoms with Crippen molar-refractivity contribution in [1.29, 1.82) is 0 Å². The molecule has 0 amide bonds. The van der Waals surface area contributed by atoms with Crippen LogP contribution in [0.1, 0.15) is 11.1 Å². The third kappa shape index (κ3) is 4.53. The molecule has 0 saturated carbocycles. The number of nitrogens with zero attached hydrogens (tertiary/aromatic N) is 2. The van der Waals surface area contributed by atoms with Crippen LogP contribution in [0, 0.1) is 0 Å². The van der Waals surface area contributed by atoms with Crippen LogP contribution in [0.5, 0.6) is 0 Å². The van der Waals surface area contributed by atoms with Crippen LogP contribution in [0.15, 0.2) is 53.3 Å². The summed E-state index contributed by atoms with van der Waals surface area (Å²) in [6.07, 6.45) is 3.48. The van der Waals surface area contributed by atoms with E-state index in [1.54, 1.807) is 12.4 Å². The van der Waals surface area contributed by atoms with Gasteiger partial charge >= 0.3 is 0 Å². The molecule has 2 aromatic heterocycles. The standard InChI is InChI=1S/C17H17BrN4O2S/c1-19-25(23,24)11-13-4-2-12(3-5-13)9-21-15-6-7-20-16-8-14(18)10-22-17(15)16/h2-8,10,19H,9,11H2,1H3,(H,20,21). The van der Waals surface area contributed by atoms with Gasteiger partial charge in [-0.15, -0.1) is 0 Å². The second-order valence-corrected chi connectivity index (χ2v) is 8.36. The van der Waals surface area contributed by atoms with Gasteiger partial charge in [-0.2, -0.15) is 0 Å². The van der Waals surface area contributed by atoms with E-state index in [0.29, 0.717) is 6.54 Å². The largest absolute Gasteiger partial charge is 0.379 e. The highest BCUT2D eigenvalue weighted by molar-refractivity contribution is 9.10. The molecule has 0 fully saturated rings. The molecule has 0 aliphatic carbocycles. The van der Waals surface area contributed by atoms with Crippen molar-refractivity contribution < 1.29 is 8.42 Å². The van der Waals surface area contributed by atoms with E-state index in [4.69, 9.17) is 0 Å². The van der Waals surface area contributed by atoms with Crippen LogP contribution < -0.4 is 10.0 Å². The molecular weight excluding hydrogens is 404 g/mol.